The number of aromatic nitrogens is 2. The minimum Gasteiger partial charge on any atom is -0.355 e. The summed E-state index contributed by atoms with van der Waals surface area (Å²) in [6.07, 6.45) is 4.56. The van der Waals surface area contributed by atoms with E-state index >= 15 is 0 Å². The molecule has 2 atom stereocenters. The molecule has 0 spiro atoms. The Hall–Kier alpha value is -2.19. The second-order valence-electron chi connectivity index (χ2n) is 8.58. The fraction of sp³-hybridized carbons (Fsp3) is 0.455. The molecule has 1 amide bonds. The summed E-state index contributed by atoms with van der Waals surface area (Å²) in [5.41, 5.74) is 0.885. The number of fused-ring (bicyclic) bond motifs is 1. The molecular formula is C22H26N4O2S2. The van der Waals surface area contributed by atoms with Crippen LogP contribution in [0, 0.1) is 11.8 Å². The number of rotatable bonds is 3. The predicted octanol–water partition coefficient (Wildman–Crippen LogP) is 3.79. The fourth-order valence-corrected chi connectivity index (χ4v) is 5.86. The van der Waals surface area contributed by atoms with Crippen molar-refractivity contribution < 1.29 is 4.79 Å². The van der Waals surface area contributed by atoms with E-state index in [0.29, 0.717) is 38.1 Å². The summed E-state index contributed by atoms with van der Waals surface area (Å²) in [4.78, 5) is 35.5. The van der Waals surface area contributed by atoms with E-state index in [0.717, 1.165) is 19.5 Å². The summed E-state index contributed by atoms with van der Waals surface area (Å²) in [5, 5.41) is 0. The van der Waals surface area contributed by atoms with Crippen molar-refractivity contribution in [1.29, 1.82) is 0 Å². The maximum atomic E-state index is 13.4. The second kappa shape index (κ2) is 8.15. The molecule has 158 valence electrons. The Morgan fingerprint density at radius 1 is 1.20 bits per heavy atom. The quantitative estimate of drug-likeness (QED) is 0.533. The highest BCUT2D eigenvalue weighted by Crippen LogP contribution is 2.35. The van der Waals surface area contributed by atoms with Crippen LogP contribution in [0.2, 0.25) is 0 Å². The average Bonchev–Trinajstić information content (AvgIpc) is 2.96. The lowest BCUT2D eigenvalue weighted by Crippen LogP contribution is -2.40. The normalized spacial score (nSPS) is 24.0. The molecular weight excluding hydrogens is 416 g/mol. The lowest BCUT2D eigenvalue weighted by molar-refractivity contribution is -0.123. The van der Waals surface area contributed by atoms with Crippen LogP contribution in [0.1, 0.15) is 39.7 Å². The number of hydrogen-bond donors (Lipinski definition) is 0. The molecule has 30 heavy (non-hydrogen) atoms. The third-order valence-electron chi connectivity index (χ3n) is 5.53. The Labute approximate surface area is 186 Å². The third-order valence-corrected chi connectivity index (χ3v) is 6.86. The second-order valence-corrected chi connectivity index (χ2v) is 10.3. The highest BCUT2D eigenvalue weighted by molar-refractivity contribution is 8.26. The van der Waals surface area contributed by atoms with Crippen LogP contribution in [-0.2, 0) is 4.79 Å². The standard InChI is InChI=1S/C22H26N4O2S2/c1-13(2)26-21(28)17(30-22(26)29)10-16-19(24-11-14(3)9-15(4)12-24)23-18-7-5-6-8-25(18)20(16)27/h5-8,10,13-15H,9,11-12H2,1-4H3/b17-10+. The Kier molecular flexibility index (Phi) is 5.72. The largest absolute Gasteiger partial charge is 0.355 e. The molecule has 8 heteroatoms. The number of hydrogen-bond acceptors (Lipinski definition) is 6. The van der Waals surface area contributed by atoms with Crippen LogP contribution in [0.15, 0.2) is 34.1 Å². The topological polar surface area (TPSA) is 57.9 Å². The molecule has 0 bridgehead atoms. The number of piperidine rings is 1. The van der Waals surface area contributed by atoms with E-state index < -0.39 is 0 Å². The zero-order valence-electron chi connectivity index (χ0n) is 17.7. The van der Waals surface area contributed by atoms with Gasteiger partial charge in [0.15, 0.2) is 0 Å². The molecule has 2 aliphatic rings. The highest BCUT2D eigenvalue weighted by Gasteiger charge is 2.35. The lowest BCUT2D eigenvalue weighted by Gasteiger charge is -2.36. The van der Waals surface area contributed by atoms with Gasteiger partial charge in [-0.2, -0.15) is 0 Å². The maximum Gasteiger partial charge on any atom is 0.267 e. The number of thiocarbonyl (C=S) groups is 1. The van der Waals surface area contributed by atoms with Gasteiger partial charge in [-0.25, -0.2) is 4.98 Å². The Bertz CT molecular complexity index is 1100. The predicted molar refractivity (Wildman–Crippen MR) is 127 cm³/mol. The Morgan fingerprint density at radius 3 is 2.53 bits per heavy atom. The molecule has 2 aliphatic heterocycles. The number of carbonyl (C=O) groups excluding carboxylic acids is 1. The molecule has 2 unspecified atom stereocenters. The number of thioether (sulfide) groups is 1. The maximum absolute atomic E-state index is 13.4. The van der Waals surface area contributed by atoms with E-state index in [2.05, 4.69) is 18.7 Å². The van der Waals surface area contributed by atoms with Gasteiger partial charge in [-0.1, -0.05) is 43.9 Å². The smallest absolute Gasteiger partial charge is 0.267 e. The van der Waals surface area contributed by atoms with Crippen LogP contribution in [-0.4, -0.2) is 43.6 Å². The molecule has 2 aromatic rings. The SMILES string of the molecule is CC1CC(C)CN(c2nc3ccccn3c(=O)c2/C=C2/SC(=S)N(C(C)C)C2=O)C1. The summed E-state index contributed by atoms with van der Waals surface area (Å²) >= 11 is 6.65. The number of pyridine rings is 1. The summed E-state index contributed by atoms with van der Waals surface area (Å²) in [7, 11) is 0. The van der Waals surface area contributed by atoms with Crippen LogP contribution in [0.4, 0.5) is 5.82 Å². The van der Waals surface area contributed by atoms with Gasteiger partial charge in [0.1, 0.15) is 15.8 Å². The third kappa shape index (κ3) is 3.78. The summed E-state index contributed by atoms with van der Waals surface area (Å²) < 4.78 is 2.06. The molecule has 0 saturated carbocycles. The summed E-state index contributed by atoms with van der Waals surface area (Å²) in [6.45, 7) is 10.00. The summed E-state index contributed by atoms with van der Waals surface area (Å²) in [6, 6.07) is 5.50. The molecule has 4 heterocycles. The fourth-order valence-electron chi connectivity index (χ4n) is 4.35. The van der Waals surface area contributed by atoms with Gasteiger partial charge in [0.2, 0.25) is 0 Å². The number of nitrogens with zero attached hydrogens (tertiary/aromatic N) is 4. The molecule has 0 radical (unpaired) electrons. The van der Waals surface area contributed by atoms with Gasteiger partial charge in [-0.15, -0.1) is 0 Å². The zero-order valence-corrected chi connectivity index (χ0v) is 19.3. The number of carbonyl (C=O) groups is 1. The van der Waals surface area contributed by atoms with E-state index in [1.54, 1.807) is 17.2 Å². The van der Waals surface area contributed by atoms with Crippen molar-refractivity contribution in [2.24, 2.45) is 11.8 Å². The first-order valence-electron chi connectivity index (χ1n) is 10.3. The molecule has 6 nitrogen and oxygen atoms in total. The van der Waals surface area contributed by atoms with Crippen molar-refractivity contribution >= 4 is 51.7 Å². The Balaban J connectivity index is 1.88. The van der Waals surface area contributed by atoms with Gasteiger partial charge >= 0.3 is 0 Å². The van der Waals surface area contributed by atoms with Crippen LogP contribution in [0.25, 0.3) is 11.7 Å². The van der Waals surface area contributed by atoms with Crippen LogP contribution in [0.3, 0.4) is 0 Å². The van der Waals surface area contributed by atoms with Gasteiger partial charge < -0.3 is 4.90 Å². The van der Waals surface area contributed by atoms with Crippen LogP contribution in [0.5, 0.6) is 0 Å². The van der Waals surface area contributed by atoms with Crippen LogP contribution >= 0.6 is 24.0 Å². The first-order valence-corrected chi connectivity index (χ1v) is 11.5. The molecule has 0 N–H and O–H groups in total. The van der Waals surface area contributed by atoms with E-state index in [1.807, 2.05) is 32.0 Å². The first kappa shape index (κ1) is 21.1. The number of anilines is 1. The monoisotopic (exact) mass is 442 g/mol. The van der Waals surface area contributed by atoms with Crippen LogP contribution < -0.4 is 10.5 Å². The van der Waals surface area contributed by atoms with Gasteiger partial charge in [-0.05, 0) is 50.3 Å². The highest BCUT2D eigenvalue weighted by atomic mass is 32.2. The van der Waals surface area contributed by atoms with Crippen molar-refractivity contribution in [3.05, 3.63) is 45.2 Å². The minimum atomic E-state index is -0.170. The Morgan fingerprint density at radius 2 is 1.90 bits per heavy atom. The van der Waals surface area contributed by atoms with Crippen molar-refractivity contribution in [1.82, 2.24) is 14.3 Å². The van der Waals surface area contributed by atoms with E-state index in [9.17, 15) is 9.59 Å². The van der Waals surface area contributed by atoms with Crippen molar-refractivity contribution in [3.8, 4) is 0 Å². The molecule has 0 aliphatic carbocycles. The van der Waals surface area contributed by atoms with Gasteiger partial charge in [0.05, 0.1) is 10.5 Å². The lowest BCUT2D eigenvalue weighted by atomic mass is 9.91. The summed E-state index contributed by atoms with van der Waals surface area (Å²) in [5.74, 6) is 1.52. The molecule has 2 aromatic heterocycles. The van der Waals surface area contributed by atoms with Gasteiger partial charge in [-0.3, -0.25) is 18.9 Å². The molecule has 2 fully saturated rings. The van der Waals surface area contributed by atoms with E-state index in [-0.39, 0.29) is 17.5 Å². The van der Waals surface area contributed by atoms with Gasteiger partial charge in [0, 0.05) is 25.3 Å². The average molecular weight is 443 g/mol. The van der Waals surface area contributed by atoms with Crippen molar-refractivity contribution in [3.63, 3.8) is 0 Å². The zero-order chi connectivity index (χ0) is 21.6. The van der Waals surface area contributed by atoms with Crippen molar-refractivity contribution in [2.75, 3.05) is 18.0 Å². The van der Waals surface area contributed by atoms with Crippen molar-refractivity contribution in [2.45, 2.75) is 40.2 Å². The minimum absolute atomic E-state index is 0.0255. The molecule has 2 saturated heterocycles. The number of amides is 1. The van der Waals surface area contributed by atoms with E-state index in [1.165, 1.54) is 16.2 Å². The molecule has 4 rings (SSSR count). The molecule has 0 aromatic carbocycles. The first-order chi connectivity index (χ1) is 14.3. The van der Waals surface area contributed by atoms with Gasteiger partial charge in [0.25, 0.3) is 11.5 Å². The van der Waals surface area contributed by atoms with E-state index in [4.69, 9.17) is 17.2 Å².